The molecule has 0 aliphatic rings. The molecule has 6 nitrogen and oxygen atoms in total. The highest BCUT2D eigenvalue weighted by atomic mass is 19.1. The number of hydrogen-bond donors (Lipinski definition) is 2. The number of benzene rings is 2. The van der Waals surface area contributed by atoms with Crippen molar-refractivity contribution >= 4 is 17.6 Å². The van der Waals surface area contributed by atoms with E-state index in [1.165, 1.54) is 18.2 Å². The Morgan fingerprint density at radius 3 is 2.50 bits per heavy atom. The summed E-state index contributed by atoms with van der Waals surface area (Å²) >= 11 is 0. The van der Waals surface area contributed by atoms with Gasteiger partial charge in [-0.05, 0) is 58.0 Å². The minimum absolute atomic E-state index is 0.222. The summed E-state index contributed by atoms with van der Waals surface area (Å²) < 4.78 is 15.4. The molecule has 1 aromatic heterocycles. The Kier molecular flexibility index (Phi) is 6.61. The molecule has 0 unspecified atom stereocenters. The first-order valence-electron chi connectivity index (χ1n) is 9.85. The fourth-order valence-corrected chi connectivity index (χ4v) is 3.12. The Morgan fingerprint density at radius 2 is 1.87 bits per heavy atom. The van der Waals surface area contributed by atoms with Gasteiger partial charge in [0.2, 0.25) is 5.96 Å². The molecule has 2 aromatic carbocycles. The van der Waals surface area contributed by atoms with E-state index >= 15 is 0 Å². The number of guanidine groups is 1. The second kappa shape index (κ2) is 9.35. The summed E-state index contributed by atoms with van der Waals surface area (Å²) in [6.07, 6.45) is 0. The first-order chi connectivity index (χ1) is 14.4. The van der Waals surface area contributed by atoms with E-state index in [2.05, 4.69) is 20.7 Å². The lowest BCUT2D eigenvalue weighted by Gasteiger charge is -2.12. The molecule has 3 aromatic rings. The van der Waals surface area contributed by atoms with Crippen LogP contribution in [0.4, 0.5) is 10.1 Å². The smallest absolute Gasteiger partial charge is 0.258 e. The first kappa shape index (κ1) is 21.2. The maximum absolute atomic E-state index is 13.5. The van der Waals surface area contributed by atoms with Crippen LogP contribution in [0.5, 0.6) is 0 Å². The number of aromatic nitrogens is 2. The number of halogens is 1. The standard InChI is InChI=1S/C23H26FN5O/c1-5-29-17(4)21(16(3)28-29)14-25-23(26-20-11-9-15(2)10-12-20)27-22(30)18-7-6-8-19(24)13-18/h6-13H,5,14H2,1-4H3,(H2,25,26,27,30). The molecule has 7 heteroatoms. The molecule has 1 amide bonds. The fourth-order valence-electron chi connectivity index (χ4n) is 3.12. The van der Waals surface area contributed by atoms with Gasteiger partial charge in [0.15, 0.2) is 0 Å². The van der Waals surface area contributed by atoms with Crippen LogP contribution >= 0.6 is 0 Å². The monoisotopic (exact) mass is 407 g/mol. The van der Waals surface area contributed by atoms with Gasteiger partial charge in [0.05, 0.1) is 12.2 Å². The Labute approximate surface area is 175 Å². The van der Waals surface area contributed by atoms with Crippen molar-refractivity contribution in [2.75, 3.05) is 5.32 Å². The van der Waals surface area contributed by atoms with Crippen molar-refractivity contribution in [3.63, 3.8) is 0 Å². The van der Waals surface area contributed by atoms with Crippen LogP contribution in [-0.2, 0) is 13.1 Å². The van der Waals surface area contributed by atoms with Crippen molar-refractivity contribution in [2.45, 2.75) is 40.8 Å². The summed E-state index contributed by atoms with van der Waals surface area (Å²) in [5, 5.41) is 10.4. The van der Waals surface area contributed by atoms with Crippen LogP contribution < -0.4 is 10.6 Å². The largest absolute Gasteiger partial charge is 0.326 e. The Bertz CT molecular complexity index is 1070. The van der Waals surface area contributed by atoms with Gasteiger partial charge in [0, 0.05) is 29.1 Å². The van der Waals surface area contributed by atoms with Crippen molar-refractivity contribution in [3.05, 3.63) is 82.4 Å². The second-order valence-corrected chi connectivity index (χ2v) is 7.09. The molecule has 30 heavy (non-hydrogen) atoms. The number of anilines is 1. The number of aryl methyl sites for hydroxylation is 3. The summed E-state index contributed by atoms with van der Waals surface area (Å²) in [4.78, 5) is 17.2. The molecule has 0 saturated carbocycles. The molecule has 0 atom stereocenters. The average Bonchev–Trinajstić information content (AvgIpc) is 3.00. The predicted molar refractivity (Wildman–Crippen MR) is 117 cm³/mol. The first-order valence-corrected chi connectivity index (χ1v) is 9.85. The number of amides is 1. The molecule has 3 rings (SSSR count). The van der Waals surface area contributed by atoms with Crippen LogP contribution in [-0.4, -0.2) is 21.6 Å². The van der Waals surface area contributed by atoms with Gasteiger partial charge in [0.25, 0.3) is 5.91 Å². The normalized spacial score (nSPS) is 11.4. The third kappa shape index (κ3) is 5.11. The topological polar surface area (TPSA) is 71.3 Å². The number of hydrogen-bond acceptors (Lipinski definition) is 3. The Hall–Kier alpha value is -3.48. The molecule has 0 bridgehead atoms. The van der Waals surface area contributed by atoms with Crippen LogP contribution in [0.2, 0.25) is 0 Å². The molecular formula is C23H26FN5O. The number of rotatable bonds is 5. The van der Waals surface area contributed by atoms with E-state index in [-0.39, 0.29) is 11.5 Å². The lowest BCUT2D eigenvalue weighted by molar-refractivity contribution is 0.0976. The van der Waals surface area contributed by atoms with Crippen molar-refractivity contribution in [2.24, 2.45) is 4.99 Å². The maximum atomic E-state index is 13.5. The molecule has 0 spiro atoms. The van der Waals surface area contributed by atoms with Crippen LogP contribution in [0.25, 0.3) is 0 Å². The minimum atomic E-state index is -0.467. The quantitative estimate of drug-likeness (QED) is 0.487. The molecular weight excluding hydrogens is 381 g/mol. The number of aliphatic imine (C=N–C) groups is 1. The third-order valence-corrected chi connectivity index (χ3v) is 4.86. The molecule has 0 radical (unpaired) electrons. The summed E-state index contributed by atoms with van der Waals surface area (Å²) in [6, 6.07) is 13.3. The highest BCUT2D eigenvalue weighted by Gasteiger charge is 2.13. The van der Waals surface area contributed by atoms with Gasteiger partial charge in [-0.15, -0.1) is 0 Å². The molecule has 0 fully saturated rings. The van der Waals surface area contributed by atoms with E-state index in [1.807, 2.05) is 56.6 Å². The third-order valence-electron chi connectivity index (χ3n) is 4.86. The average molecular weight is 407 g/mol. The number of nitrogens with one attached hydrogen (secondary N) is 2. The summed E-state index contributed by atoms with van der Waals surface area (Å²) in [7, 11) is 0. The van der Waals surface area contributed by atoms with Crippen molar-refractivity contribution in [1.82, 2.24) is 15.1 Å². The molecule has 156 valence electrons. The van der Waals surface area contributed by atoms with Gasteiger partial charge in [-0.3, -0.25) is 14.8 Å². The van der Waals surface area contributed by atoms with Gasteiger partial charge in [-0.2, -0.15) is 5.10 Å². The highest BCUT2D eigenvalue weighted by Crippen LogP contribution is 2.15. The molecule has 0 aliphatic heterocycles. The van der Waals surface area contributed by atoms with Gasteiger partial charge in [-0.25, -0.2) is 9.38 Å². The zero-order valence-corrected chi connectivity index (χ0v) is 17.7. The van der Waals surface area contributed by atoms with E-state index < -0.39 is 11.7 Å². The van der Waals surface area contributed by atoms with E-state index in [0.29, 0.717) is 6.54 Å². The van der Waals surface area contributed by atoms with Crippen LogP contribution in [0, 0.1) is 26.6 Å². The van der Waals surface area contributed by atoms with E-state index in [4.69, 9.17) is 0 Å². The molecule has 2 N–H and O–H groups in total. The SMILES string of the molecule is CCn1nc(C)c(CN=C(NC(=O)c2cccc(F)c2)Nc2ccc(C)cc2)c1C. The second-order valence-electron chi connectivity index (χ2n) is 7.09. The van der Waals surface area contributed by atoms with Crippen LogP contribution in [0.15, 0.2) is 53.5 Å². The van der Waals surface area contributed by atoms with E-state index in [0.717, 1.165) is 34.7 Å². The van der Waals surface area contributed by atoms with Gasteiger partial charge in [-0.1, -0.05) is 23.8 Å². The zero-order chi connectivity index (χ0) is 21.7. The molecule has 0 aliphatic carbocycles. The predicted octanol–water partition coefficient (Wildman–Crippen LogP) is 4.37. The maximum Gasteiger partial charge on any atom is 0.258 e. The summed E-state index contributed by atoms with van der Waals surface area (Å²) in [5.74, 6) is -0.618. The van der Waals surface area contributed by atoms with Crippen molar-refractivity contribution in [1.29, 1.82) is 0 Å². The number of carbonyl (C=O) groups excluding carboxylic acids is 1. The lowest BCUT2D eigenvalue weighted by Crippen LogP contribution is -2.36. The zero-order valence-electron chi connectivity index (χ0n) is 17.7. The van der Waals surface area contributed by atoms with Gasteiger partial charge < -0.3 is 5.32 Å². The van der Waals surface area contributed by atoms with Crippen molar-refractivity contribution < 1.29 is 9.18 Å². The van der Waals surface area contributed by atoms with Crippen LogP contribution in [0.3, 0.4) is 0 Å². The molecule has 0 saturated heterocycles. The van der Waals surface area contributed by atoms with Crippen molar-refractivity contribution in [3.8, 4) is 0 Å². The summed E-state index contributed by atoms with van der Waals surface area (Å²) in [5.41, 5.74) is 5.10. The van der Waals surface area contributed by atoms with Crippen LogP contribution in [0.1, 0.15) is 39.8 Å². The summed E-state index contributed by atoms with van der Waals surface area (Å²) in [6.45, 7) is 9.13. The Balaban J connectivity index is 1.86. The van der Waals surface area contributed by atoms with E-state index in [9.17, 15) is 9.18 Å². The van der Waals surface area contributed by atoms with E-state index in [1.54, 1.807) is 6.07 Å². The molecule has 1 heterocycles. The number of carbonyl (C=O) groups is 1. The van der Waals surface area contributed by atoms with Gasteiger partial charge in [0.1, 0.15) is 5.82 Å². The minimum Gasteiger partial charge on any atom is -0.326 e. The van der Waals surface area contributed by atoms with Gasteiger partial charge >= 0.3 is 0 Å². The highest BCUT2D eigenvalue weighted by molar-refractivity contribution is 6.09. The fraction of sp³-hybridized carbons (Fsp3) is 0.261. The lowest BCUT2D eigenvalue weighted by atomic mass is 10.2. The number of nitrogens with zero attached hydrogens (tertiary/aromatic N) is 3. The Morgan fingerprint density at radius 1 is 1.13 bits per heavy atom.